The maximum Gasteiger partial charge on any atom is 0.255 e. The molecule has 0 aliphatic heterocycles. The average Bonchev–Trinajstić information content (AvgIpc) is 1.99. The van der Waals surface area contributed by atoms with Crippen molar-refractivity contribution in [2.75, 3.05) is 0 Å². The number of hydrogen-bond acceptors (Lipinski definition) is 1. The van der Waals surface area contributed by atoms with Gasteiger partial charge in [-0.2, -0.15) is 0 Å². The van der Waals surface area contributed by atoms with E-state index in [1.807, 2.05) is 6.92 Å². The van der Waals surface area contributed by atoms with Crippen LogP contribution in [0.15, 0.2) is 0 Å². The first kappa shape index (κ1) is 11.4. The third kappa shape index (κ3) is 2.47. The Kier molecular flexibility index (Phi) is 4.21. The Morgan fingerprint density at radius 1 is 1.58 bits per heavy atom. The van der Waals surface area contributed by atoms with Gasteiger partial charge in [-0.3, -0.25) is 4.79 Å². The minimum Gasteiger partial charge on any atom is -0.367 e. The summed E-state index contributed by atoms with van der Waals surface area (Å²) in [5.74, 6) is -1.16. The second-order valence-corrected chi connectivity index (χ2v) is 3.48. The zero-order valence-electron chi connectivity index (χ0n) is 8.06. The fraction of sp³-hybridized carbons (Fsp3) is 0.889. The number of rotatable bonds is 5. The SMILES string of the molecule is CCCCC(F)(C(N)=O)C(C)C. The molecule has 1 amide bonds. The molecule has 0 fully saturated rings. The molecule has 0 heterocycles. The molecule has 2 N–H and O–H groups in total. The van der Waals surface area contributed by atoms with Gasteiger partial charge in [0.15, 0.2) is 5.67 Å². The molecular weight excluding hydrogens is 157 g/mol. The molecular formula is C9H18FNO. The Labute approximate surface area is 73.3 Å². The van der Waals surface area contributed by atoms with Gasteiger partial charge in [-0.15, -0.1) is 0 Å². The average molecular weight is 175 g/mol. The summed E-state index contributed by atoms with van der Waals surface area (Å²) in [7, 11) is 0. The Balaban J connectivity index is 4.29. The second kappa shape index (κ2) is 4.43. The summed E-state index contributed by atoms with van der Waals surface area (Å²) in [5, 5.41) is 0. The molecule has 0 aromatic rings. The van der Waals surface area contributed by atoms with Crippen LogP contribution in [0, 0.1) is 5.92 Å². The number of alkyl halides is 1. The standard InChI is InChI=1S/C9H18FNO/c1-4-5-6-9(10,7(2)3)8(11)12/h7H,4-6H2,1-3H3,(H2,11,12). The number of halogens is 1. The van der Waals surface area contributed by atoms with Crippen LogP contribution in [0.2, 0.25) is 0 Å². The van der Waals surface area contributed by atoms with Gasteiger partial charge >= 0.3 is 0 Å². The summed E-state index contributed by atoms with van der Waals surface area (Å²) in [6.07, 6.45) is 1.83. The molecule has 1 unspecified atom stereocenters. The Morgan fingerprint density at radius 2 is 2.08 bits per heavy atom. The Morgan fingerprint density at radius 3 is 2.33 bits per heavy atom. The van der Waals surface area contributed by atoms with E-state index in [1.165, 1.54) is 0 Å². The van der Waals surface area contributed by atoms with E-state index in [0.717, 1.165) is 6.42 Å². The summed E-state index contributed by atoms with van der Waals surface area (Å²) in [6.45, 7) is 5.32. The maximum absolute atomic E-state index is 13.7. The van der Waals surface area contributed by atoms with Crippen molar-refractivity contribution in [3.8, 4) is 0 Å². The number of unbranched alkanes of at least 4 members (excludes halogenated alkanes) is 1. The van der Waals surface area contributed by atoms with Crippen molar-refractivity contribution in [3.63, 3.8) is 0 Å². The molecule has 0 spiro atoms. The number of amides is 1. The molecule has 0 aromatic heterocycles. The van der Waals surface area contributed by atoms with E-state index in [-0.39, 0.29) is 12.3 Å². The van der Waals surface area contributed by atoms with Crippen molar-refractivity contribution in [1.29, 1.82) is 0 Å². The van der Waals surface area contributed by atoms with Gasteiger partial charge < -0.3 is 5.73 Å². The zero-order valence-corrected chi connectivity index (χ0v) is 8.06. The lowest BCUT2D eigenvalue weighted by Gasteiger charge is -2.25. The number of hydrogen-bond donors (Lipinski definition) is 1. The van der Waals surface area contributed by atoms with Crippen LogP contribution in [0.25, 0.3) is 0 Å². The highest BCUT2D eigenvalue weighted by atomic mass is 19.1. The molecule has 0 bridgehead atoms. The minimum absolute atomic E-state index is 0.247. The first-order valence-corrected chi connectivity index (χ1v) is 4.44. The Bertz CT molecular complexity index is 159. The smallest absolute Gasteiger partial charge is 0.255 e. The topological polar surface area (TPSA) is 43.1 Å². The molecule has 2 nitrogen and oxygen atoms in total. The summed E-state index contributed by atoms with van der Waals surface area (Å²) in [5.41, 5.74) is 3.19. The molecule has 3 heteroatoms. The number of carbonyl (C=O) groups excluding carboxylic acids is 1. The zero-order chi connectivity index (χ0) is 9.78. The maximum atomic E-state index is 13.7. The fourth-order valence-electron chi connectivity index (χ4n) is 1.13. The summed E-state index contributed by atoms with van der Waals surface area (Å²) < 4.78 is 13.7. The fourth-order valence-corrected chi connectivity index (χ4v) is 1.13. The van der Waals surface area contributed by atoms with E-state index in [0.29, 0.717) is 6.42 Å². The van der Waals surface area contributed by atoms with Crippen LogP contribution in [-0.2, 0) is 4.79 Å². The lowest BCUT2D eigenvalue weighted by Crippen LogP contribution is -2.44. The highest BCUT2D eigenvalue weighted by molar-refractivity contribution is 5.83. The van der Waals surface area contributed by atoms with Gasteiger partial charge in [0.25, 0.3) is 5.91 Å². The molecule has 12 heavy (non-hydrogen) atoms. The quantitative estimate of drug-likeness (QED) is 0.682. The lowest BCUT2D eigenvalue weighted by atomic mass is 9.87. The van der Waals surface area contributed by atoms with Gasteiger partial charge in [-0.05, 0) is 18.8 Å². The minimum atomic E-state index is -1.81. The van der Waals surface area contributed by atoms with Crippen LogP contribution in [0.3, 0.4) is 0 Å². The highest BCUT2D eigenvalue weighted by Crippen LogP contribution is 2.27. The normalized spacial score (nSPS) is 16.1. The van der Waals surface area contributed by atoms with Crippen LogP contribution in [0.5, 0.6) is 0 Å². The monoisotopic (exact) mass is 175 g/mol. The van der Waals surface area contributed by atoms with E-state index >= 15 is 0 Å². The highest BCUT2D eigenvalue weighted by Gasteiger charge is 2.39. The molecule has 0 rings (SSSR count). The second-order valence-electron chi connectivity index (χ2n) is 3.48. The van der Waals surface area contributed by atoms with Crippen LogP contribution < -0.4 is 5.73 Å². The molecule has 0 saturated carbocycles. The van der Waals surface area contributed by atoms with Gasteiger partial charge in [0.05, 0.1) is 0 Å². The van der Waals surface area contributed by atoms with Gasteiger partial charge in [-0.25, -0.2) is 4.39 Å². The van der Waals surface area contributed by atoms with E-state index in [9.17, 15) is 9.18 Å². The molecule has 1 atom stereocenters. The van der Waals surface area contributed by atoms with Crippen molar-refractivity contribution >= 4 is 5.91 Å². The van der Waals surface area contributed by atoms with Crippen molar-refractivity contribution in [2.45, 2.75) is 45.7 Å². The number of carbonyl (C=O) groups is 1. The number of nitrogens with two attached hydrogens (primary N) is 1. The largest absolute Gasteiger partial charge is 0.367 e. The summed E-state index contributed by atoms with van der Waals surface area (Å²) in [4.78, 5) is 10.8. The van der Waals surface area contributed by atoms with Gasteiger partial charge in [0, 0.05) is 0 Å². The van der Waals surface area contributed by atoms with E-state index in [4.69, 9.17) is 5.73 Å². The molecule has 0 saturated heterocycles. The predicted octanol–water partition coefficient (Wildman–Crippen LogP) is 2.03. The van der Waals surface area contributed by atoms with Crippen molar-refractivity contribution in [1.82, 2.24) is 0 Å². The van der Waals surface area contributed by atoms with Crippen LogP contribution in [0.4, 0.5) is 4.39 Å². The van der Waals surface area contributed by atoms with E-state index in [1.54, 1.807) is 13.8 Å². The van der Waals surface area contributed by atoms with Crippen LogP contribution in [-0.4, -0.2) is 11.6 Å². The third-order valence-corrected chi connectivity index (χ3v) is 2.22. The van der Waals surface area contributed by atoms with Crippen LogP contribution >= 0.6 is 0 Å². The summed E-state index contributed by atoms with van der Waals surface area (Å²) in [6, 6.07) is 0. The van der Waals surface area contributed by atoms with Gasteiger partial charge in [-0.1, -0.05) is 27.2 Å². The van der Waals surface area contributed by atoms with Crippen molar-refractivity contribution in [2.24, 2.45) is 11.7 Å². The predicted molar refractivity (Wildman–Crippen MR) is 47.4 cm³/mol. The molecule has 0 aliphatic rings. The van der Waals surface area contributed by atoms with E-state index < -0.39 is 11.6 Å². The summed E-state index contributed by atoms with van der Waals surface area (Å²) >= 11 is 0. The van der Waals surface area contributed by atoms with Crippen LogP contribution in [0.1, 0.15) is 40.0 Å². The van der Waals surface area contributed by atoms with Crippen molar-refractivity contribution < 1.29 is 9.18 Å². The molecule has 0 radical (unpaired) electrons. The van der Waals surface area contributed by atoms with Gasteiger partial charge in [0.2, 0.25) is 0 Å². The van der Waals surface area contributed by atoms with Crippen molar-refractivity contribution in [3.05, 3.63) is 0 Å². The molecule has 72 valence electrons. The lowest BCUT2D eigenvalue weighted by molar-refractivity contribution is -0.133. The first-order chi connectivity index (χ1) is 5.45. The van der Waals surface area contributed by atoms with Gasteiger partial charge in [0.1, 0.15) is 0 Å². The first-order valence-electron chi connectivity index (χ1n) is 4.44. The van der Waals surface area contributed by atoms with E-state index in [2.05, 4.69) is 0 Å². The molecule has 0 aromatic carbocycles. The number of primary amides is 1. The Hall–Kier alpha value is -0.600. The molecule has 0 aliphatic carbocycles. The third-order valence-electron chi connectivity index (χ3n) is 2.22.